The molecule has 0 aliphatic heterocycles. The number of carbonyl (C=O) groups excluding carboxylic acids is 1. The Balaban J connectivity index is 1.68. The first-order chi connectivity index (χ1) is 13.1. The van der Waals surface area contributed by atoms with Gasteiger partial charge in [-0.05, 0) is 30.2 Å². The summed E-state index contributed by atoms with van der Waals surface area (Å²) in [5.74, 6) is 0.451. The number of imidazole rings is 1. The van der Waals surface area contributed by atoms with Crippen LogP contribution in [0.25, 0.3) is 11.0 Å². The Morgan fingerprint density at radius 3 is 2.70 bits per heavy atom. The highest BCUT2D eigenvalue weighted by Crippen LogP contribution is 2.24. The van der Waals surface area contributed by atoms with Gasteiger partial charge in [0.1, 0.15) is 0 Å². The van der Waals surface area contributed by atoms with E-state index in [1.54, 1.807) is 12.0 Å². The predicted octanol–water partition coefficient (Wildman–Crippen LogP) is 3.74. The summed E-state index contributed by atoms with van der Waals surface area (Å²) in [6.07, 6.45) is 0. The van der Waals surface area contributed by atoms with Gasteiger partial charge >= 0.3 is 0 Å². The molecule has 6 heteroatoms. The van der Waals surface area contributed by atoms with Gasteiger partial charge in [0.2, 0.25) is 5.91 Å². The van der Waals surface area contributed by atoms with E-state index in [0.717, 1.165) is 16.2 Å². The van der Waals surface area contributed by atoms with Gasteiger partial charge in [-0.15, -0.1) is 0 Å². The molecular weight excluding hydrogens is 358 g/mol. The summed E-state index contributed by atoms with van der Waals surface area (Å²) in [5, 5.41) is 0.853. The van der Waals surface area contributed by atoms with Gasteiger partial charge in [0, 0.05) is 27.2 Å². The molecule has 5 nitrogen and oxygen atoms in total. The molecule has 0 N–H and O–H groups in total. The summed E-state index contributed by atoms with van der Waals surface area (Å²) >= 11 is 1.48. The molecule has 0 unspecified atom stereocenters. The highest BCUT2D eigenvalue weighted by atomic mass is 32.2. The van der Waals surface area contributed by atoms with E-state index >= 15 is 0 Å². The molecule has 0 radical (unpaired) electrons. The Bertz CT molecular complexity index is 923. The minimum Gasteiger partial charge on any atom is -0.383 e. The summed E-state index contributed by atoms with van der Waals surface area (Å²) in [5.41, 5.74) is 4.38. The maximum Gasteiger partial charge on any atom is 0.233 e. The van der Waals surface area contributed by atoms with Crippen molar-refractivity contribution in [2.45, 2.75) is 25.2 Å². The van der Waals surface area contributed by atoms with E-state index in [-0.39, 0.29) is 5.91 Å². The van der Waals surface area contributed by atoms with Crippen LogP contribution in [0.15, 0.2) is 53.7 Å². The van der Waals surface area contributed by atoms with E-state index in [4.69, 9.17) is 9.72 Å². The van der Waals surface area contributed by atoms with Gasteiger partial charge in [-0.3, -0.25) is 4.79 Å². The van der Waals surface area contributed by atoms with Crippen LogP contribution in [0.4, 0.5) is 0 Å². The monoisotopic (exact) mass is 383 g/mol. The molecule has 3 rings (SSSR count). The van der Waals surface area contributed by atoms with Crippen LogP contribution < -0.4 is 0 Å². The second-order valence-electron chi connectivity index (χ2n) is 6.49. The van der Waals surface area contributed by atoms with Crippen LogP contribution >= 0.6 is 11.8 Å². The van der Waals surface area contributed by atoms with Gasteiger partial charge in [0.15, 0.2) is 5.16 Å². The Morgan fingerprint density at radius 2 is 1.93 bits per heavy atom. The first-order valence-electron chi connectivity index (χ1n) is 8.95. The topological polar surface area (TPSA) is 47.4 Å². The van der Waals surface area contributed by atoms with Crippen LogP contribution in [-0.4, -0.2) is 46.9 Å². The van der Waals surface area contributed by atoms with E-state index in [9.17, 15) is 4.79 Å². The average molecular weight is 384 g/mol. The third-order valence-electron chi connectivity index (χ3n) is 4.56. The maximum absolute atomic E-state index is 12.6. The minimum atomic E-state index is 0.0913. The Kier molecular flexibility index (Phi) is 6.53. The standard InChI is InChI=1S/C21H25N3O2S/c1-16-8-4-5-9-17(16)14-23(2)20(25)15-27-21-22-18-10-6-7-11-19(18)24(21)12-13-26-3/h4-11H,12-15H2,1-3H3. The lowest BCUT2D eigenvalue weighted by Gasteiger charge is -2.18. The summed E-state index contributed by atoms with van der Waals surface area (Å²) in [7, 11) is 3.54. The van der Waals surface area contributed by atoms with Gasteiger partial charge in [0.25, 0.3) is 0 Å². The number of hydrogen-bond acceptors (Lipinski definition) is 4. The van der Waals surface area contributed by atoms with Crippen LogP contribution in [0.1, 0.15) is 11.1 Å². The van der Waals surface area contributed by atoms with Crippen LogP contribution in [-0.2, 0) is 22.6 Å². The van der Waals surface area contributed by atoms with Gasteiger partial charge < -0.3 is 14.2 Å². The summed E-state index contributed by atoms with van der Waals surface area (Å²) in [6.45, 7) is 4.01. The Hall–Kier alpha value is -2.31. The lowest BCUT2D eigenvalue weighted by Crippen LogP contribution is -2.28. The number of carbonyl (C=O) groups is 1. The van der Waals surface area contributed by atoms with Crippen molar-refractivity contribution in [2.75, 3.05) is 26.5 Å². The third kappa shape index (κ3) is 4.70. The van der Waals surface area contributed by atoms with Crippen molar-refractivity contribution in [1.29, 1.82) is 0 Å². The SMILES string of the molecule is COCCn1c(SCC(=O)N(C)Cc2ccccc2C)nc2ccccc21. The van der Waals surface area contributed by atoms with Crippen molar-refractivity contribution in [1.82, 2.24) is 14.5 Å². The summed E-state index contributed by atoms with van der Waals surface area (Å²) in [4.78, 5) is 19.1. The van der Waals surface area contributed by atoms with Crippen molar-refractivity contribution in [2.24, 2.45) is 0 Å². The number of thioether (sulfide) groups is 1. The fraction of sp³-hybridized carbons (Fsp3) is 0.333. The van der Waals surface area contributed by atoms with E-state index in [1.165, 1.54) is 22.9 Å². The number of aromatic nitrogens is 2. The molecule has 0 spiro atoms. The lowest BCUT2D eigenvalue weighted by atomic mass is 10.1. The van der Waals surface area contributed by atoms with Crippen LogP contribution in [0.3, 0.4) is 0 Å². The smallest absolute Gasteiger partial charge is 0.233 e. The van der Waals surface area contributed by atoms with Crippen molar-refractivity contribution >= 4 is 28.7 Å². The van der Waals surface area contributed by atoms with Gasteiger partial charge in [-0.1, -0.05) is 48.2 Å². The van der Waals surface area contributed by atoms with Gasteiger partial charge in [0.05, 0.1) is 23.4 Å². The summed E-state index contributed by atoms with van der Waals surface area (Å²) < 4.78 is 7.35. The fourth-order valence-electron chi connectivity index (χ4n) is 2.93. The zero-order chi connectivity index (χ0) is 19.2. The molecule has 1 heterocycles. The quantitative estimate of drug-likeness (QED) is 0.556. The van der Waals surface area contributed by atoms with Crippen molar-refractivity contribution in [3.05, 3.63) is 59.7 Å². The molecule has 27 heavy (non-hydrogen) atoms. The third-order valence-corrected chi connectivity index (χ3v) is 5.52. The minimum absolute atomic E-state index is 0.0913. The number of ether oxygens (including phenoxy) is 1. The van der Waals surface area contributed by atoms with Gasteiger partial charge in [-0.2, -0.15) is 0 Å². The molecule has 0 saturated heterocycles. The Morgan fingerprint density at radius 1 is 1.19 bits per heavy atom. The number of aryl methyl sites for hydroxylation is 1. The molecule has 142 valence electrons. The molecule has 0 bridgehead atoms. The molecule has 2 aromatic carbocycles. The summed E-state index contributed by atoms with van der Waals surface area (Å²) in [6, 6.07) is 16.2. The number of hydrogen-bond donors (Lipinski definition) is 0. The zero-order valence-electron chi connectivity index (χ0n) is 16.0. The second-order valence-corrected chi connectivity index (χ2v) is 7.43. The average Bonchev–Trinajstić information content (AvgIpc) is 3.03. The largest absolute Gasteiger partial charge is 0.383 e. The van der Waals surface area contributed by atoms with E-state index in [0.29, 0.717) is 25.4 Å². The number of para-hydroxylation sites is 2. The molecule has 0 aliphatic rings. The van der Waals surface area contributed by atoms with E-state index < -0.39 is 0 Å². The zero-order valence-corrected chi connectivity index (χ0v) is 16.8. The van der Waals surface area contributed by atoms with Crippen LogP contribution in [0.2, 0.25) is 0 Å². The molecule has 0 aliphatic carbocycles. The number of rotatable bonds is 8. The number of nitrogens with zero attached hydrogens (tertiary/aromatic N) is 3. The molecule has 3 aromatic rings. The normalized spacial score (nSPS) is 11.1. The molecule has 1 aromatic heterocycles. The first kappa shape index (κ1) is 19.5. The lowest BCUT2D eigenvalue weighted by molar-refractivity contribution is -0.127. The van der Waals surface area contributed by atoms with Crippen molar-refractivity contribution in [3.63, 3.8) is 0 Å². The number of amides is 1. The highest BCUT2D eigenvalue weighted by molar-refractivity contribution is 7.99. The van der Waals surface area contributed by atoms with E-state index in [2.05, 4.69) is 23.6 Å². The van der Waals surface area contributed by atoms with Crippen LogP contribution in [0.5, 0.6) is 0 Å². The number of fused-ring (bicyclic) bond motifs is 1. The van der Waals surface area contributed by atoms with Crippen LogP contribution in [0, 0.1) is 6.92 Å². The number of methoxy groups -OCH3 is 1. The Labute approximate surface area is 164 Å². The predicted molar refractivity (Wildman–Crippen MR) is 110 cm³/mol. The second kappa shape index (κ2) is 9.06. The number of benzene rings is 2. The molecule has 0 fully saturated rings. The van der Waals surface area contributed by atoms with Crippen molar-refractivity contribution < 1.29 is 9.53 Å². The van der Waals surface area contributed by atoms with Gasteiger partial charge in [-0.25, -0.2) is 4.98 Å². The fourth-order valence-corrected chi connectivity index (χ4v) is 3.91. The molecular formula is C21H25N3O2S. The highest BCUT2D eigenvalue weighted by Gasteiger charge is 2.15. The molecule has 1 amide bonds. The van der Waals surface area contributed by atoms with Crippen molar-refractivity contribution in [3.8, 4) is 0 Å². The maximum atomic E-state index is 12.6. The molecule has 0 atom stereocenters. The molecule has 0 saturated carbocycles. The first-order valence-corrected chi connectivity index (χ1v) is 9.94. The van der Waals surface area contributed by atoms with E-state index in [1.807, 2.05) is 43.4 Å².